The fourth-order valence-electron chi connectivity index (χ4n) is 8.22. The van der Waals surface area contributed by atoms with Crippen LogP contribution in [0.25, 0.3) is 0 Å². The van der Waals surface area contributed by atoms with Crippen LogP contribution in [0.1, 0.15) is 41.5 Å². The minimum Gasteiger partial charge on any atom is -0.454 e. The molecule has 4 aliphatic carbocycles. The molecule has 11 nitrogen and oxygen atoms in total. The minimum absolute atomic E-state index is 0.0703. The van der Waals surface area contributed by atoms with E-state index in [-0.39, 0.29) is 11.1 Å². The predicted octanol–water partition coefficient (Wildman–Crippen LogP) is -0.582. The zero-order valence-electron chi connectivity index (χ0n) is 23.0. The summed E-state index contributed by atoms with van der Waals surface area (Å²) in [5, 5.41) is 56.1. The molecule has 12 unspecified atom stereocenters. The Bertz CT molecular complexity index is 1190. The van der Waals surface area contributed by atoms with Crippen LogP contribution in [0.5, 0.6) is 0 Å². The van der Waals surface area contributed by atoms with E-state index in [9.17, 15) is 39.9 Å². The van der Waals surface area contributed by atoms with Crippen LogP contribution >= 0.6 is 0 Å². The van der Waals surface area contributed by atoms with Crippen molar-refractivity contribution in [2.24, 2.45) is 35.0 Å². The number of hydrogen-bond acceptors (Lipinski definition) is 11. The van der Waals surface area contributed by atoms with E-state index in [1.807, 2.05) is 0 Å². The lowest BCUT2D eigenvalue weighted by Gasteiger charge is -2.53. The quantitative estimate of drug-likeness (QED) is 0.162. The largest absolute Gasteiger partial charge is 0.454 e. The van der Waals surface area contributed by atoms with E-state index in [0.717, 1.165) is 0 Å². The fraction of sp³-hybridized carbons (Fsp3) is 0.750. The van der Waals surface area contributed by atoms with Crippen molar-refractivity contribution in [2.75, 3.05) is 13.2 Å². The van der Waals surface area contributed by atoms with Gasteiger partial charge in [0, 0.05) is 34.7 Å². The smallest absolute Gasteiger partial charge is 0.333 e. The molecule has 1 saturated heterocycles. The van der Waals surface area contributed by atoms with Crippen LogP contribution < -0.4 is 0 Å². The third kappa shape index (κ3) is 3.06. The number of rotatable bonds is 6. The van der Waals surface area contributed by atoms with Crippen LogP contribution in [-0.2, 0) is 28.6 Å². The van der Waals surface area contributed by atoms with E-state index in [1.165, 1.54) is 26.8 Å². The summed E-state index contributed by atoms with van der Waals surface area (Å²) in [4.78, 5) is 39.4. The molecule has 0 amide bonds. The van der Waals surface area contributed by atoms with Gasteiger partial charge in [-0.05, 0) is 26.3 Å². The molecule has 0 aromatic rings. The summed E-state index contributed by atoms with van der Waals surface area (Å²) in [5.41, 5.74) is -8.52. The molecule has 0 spiro atoms. The molecule has 5 N–H and O–H groups in total. The number of carbonyl (C=O) groups is 3. The number of carbonyl (C=O) groups excluding carboxylic acids is 3. The van der Waals surface area contributed by atoms with Gasteiger partial charge in [-0.15, -0.1) is 0 Å². The molecule has 0 aromatic heterocycles. The van der Waals surface area contributed by atoms with Crippen molar-refractivity contribution in [1.29, 1.82) is 0 Å². The SMILES string of the molecule is C=C(C)C(=O)OC1C(C)C2(O)C(C3OC3(CO)C(O)C3(O)C(=O)C(C)=CC32)C2C(C)(C)C12OC(=O)C(C)CO. The predicted molar refractivity (Wildman–Crippen MR) is 133 cm³/mol. The molecule has 5 rings (SSSR count). The lowest BCUT2D eigenvalue weighted by molar-refractivity contribution is -0.245. The highest BCUT2D eigenvalue weighted by Gasteiger charge is 2.93. The summed E-state index contributed by atoms with van der Waals surface area (Å²) >= 11 is 0. The summed E-state index contributed by atoms with van der Waals surface area (Å²) in [6.45, 7) is 12.0. The van der Waals surface area contributed by atoms with Crippen molar-refractivity contribution in [3.63, 3.8) is 0 Å². The van der Waals surface area contributed by atoms with Gasteiger partial charge in [-0.25, -0.2) is 4.79 Å². The Kier molecular flexibility index (Phi) is 5.97. The summed E-state index contributed by atoms with van der Waals surface area (Å²) in [5.74, 6) is -7.34. The molecular weight excluding hydrogens is 512 g/mol. The zero-order valence-corrected chi connectivity index (χ0v) is 23.0. The van der Waals surface area contributed by atoms with E-state index >= 15 is 0 Å². The molecule has 39 heavy (non-hydrogen) atoms. The second kappa shape index (κ2) is 8.20. The first-order chi connectivity index (χ1) is 18.0. The molecule has 216 valence electrons. The van der Waals surface area contributed by atoms with Gasteiger partial charge in [0.05, 0.1) is 30.8 Å². The van der Waals surface area contributed by atoms with Crippen LogP contribution in [0.4, 0.5) is 0 Å². The molecule has 4 fully saturated rings. The summed E-state index contributed by atoms with van der Waals surface area (Å²) in [7, 11) is 0. The Hall–Kier alpha value is -2.15. The Morgan fingerprint density at radius 1 is 1.23 bits per heavy atom. The van der Waals surface area contributed by atoms with Gasteiger partial charge in [-0.1, -0.05) is 33.4 Å². The average Bonchev–Trinajstić information content (AvgIpc) is 3.71. The van der Waals surface area contributed by atoms with Gasteiger partial charge in [0.2, 0.25) is 0 Å². The van der Waals surface area contributed by atoms with Crippen molar-refractivity contribution in [3.05, 3.63) is 23.8 Å². The van der Waals surface area contributed by atoms with Gasteiger partial charge < -0.3 is 39.7 Å². The van der Waals surface area contributed by atoms with Crippen LogP contribution in [0, 0.1) is 35.0 Å². The molecule has 0 radical (unpaired) electrons. The van der Waals surface area contributed by atoms with E-state index in [0.29, 0.717) is 0 Å². The number of fused-ring (bicyclic) bond motifs is 7. The lowest BCUT2D eigenvalue weighted by Crippen LogP contribution is -2.69. The van der Waals surface area contributed by atoms with Gasteiger partial charge in [0.15, 0.2) is 17.0 Å². The number of hydrogen-bond donors (Lipinski definition) is 5. The molecule has 1 aliphatic heterocycles. The third-order valence-electron chi connectivity index (χ3n) is 10.5. The number of ether oxygens (including phenoxy) is 3. The normalized spacial score (nSPS) is 49.3. The Morgan fingerprint density at radius 2 is 1.85 bits per heavy atom. The highest BCUT2D eigenvalue weighted by atomic mass is 16.6. The Balaban J connectivity index is 1.74. The van der Waals surface area contributed by atoms with Gasteiger partial charge in [0.25, 0.3) is 0 Å². The fourth-order valence-corrected chi connectivity index (χ4v) is 8.22. The van der Waals surface area contributed by atoms with Gasteiger partial charge in [0.1, 0.15) is 17.8 Å². The van der Waals surface area contributed by atoms with E-state index in [1.54, 1.807) is 20.8 Å². The van der Waals surface area contributed by atoms with Crippen LogP contribution in [0.3, 0.4) is 0 Å². The molecule has 0 aromatic carbocycles. The molecule has 1 heterocycles. The second-order valence-electron chi connectivity index (χ2n) is 12.8. The Morgan fingerprint density at radius 3 is 2.38 bits per heavy atom. The van der Waals surface area contributed by atoms with Crippen LogP contribution in [0.2, 0.25) is 0 Å². The first kappa shape index (κ1) is 28.4. The first-order valence-corrected chi connectivity index (χ1v) is 13.3. The van der Waals surface area contributed by atoms with Crippen molar-refractivity contribution in [3.8, 4) is 0 Å². The van der Waals surface area contributed by atoms with Crippen LogP contribution in [0.15, 0.2) is 23.8 Å². The van der Waals surface area contributed by atoms with Crippen molar-refractivity contribution >= 4 is 17.7 Å². The molecule has 11 heteroatoms. The van der Waals surface area contributed by atoms with E-state index in [4.69, 9.17) is 14.2 Å². The molecule has 3 saturated carbocycles. The molecule has 5 aliphatic rings. The lowest BCUT2D eigenvalue weighted by atomic mass is 9.58. The molecule has 12 atom stereocenters. The molecule has 0 bridgehead atoms. The topological polar surface area (TPSA) is 183 Å². The summed E-state index contributed by atoms with van der Waals surface area (Å²) in [6.07, 6.45) is -2.73. The van der Waals surface area contributed by atoms with E-state index < -0.39 is 107 Å². The number of aliphatic hydroxyl groups is 5. The zero-order chi connectivity index (χ0) is 29.2. The van der Waals surface area contributed by atoms with Crippen molar-refractivity contribution < 1.29 is 54.1 Å². The van der Waals surface area contributed by atoms with Gasteiger partial charge >= 0.3 is 11.9 Å². The number of Topliss-reactive ketones (excluding diaryl/α,β-unsaturated/α-hetero) is 1. The highest BCUT2D eigenvalue weighted by molar-refractivity contribution is 6.05. The van der Waals surface area contributed by atoms with Gasteiger partial charge in [-0.2, -0.15) is 0 Å². The monoisotopic (exact) mass is 550 g/mol. The maximum atomic E-state index is 13.3. The Labute approximate surface area is 226 Å². The number of ketones is 1. The highest BCUT2D eigenvalue weighted by Crippen LogP contribution is 2.79. The number of esters is 2. The van der Waals surface area contributed by atoms with Crippen molar-refractivity contribution in [1.82, 2.24) is 0 Å². The van der Waals surface area contributed by atoms with Crippen LogP contribution in [-0.4, -0.2) is 97.2 Å². The van der Waals surface area contributed by atoms with E-state index in [2.05, 4.69) is 6.58 Å². The maximum Gasteiger partial charge on any atom is 0.333 e. The minimum atomic E-state index is -2.52. The van der Waals surface area contributed by atoms with Crippen molar-refractivity contribution in [2.45, 2.75) is 82.3 Å². The standard InChI is InChI=1S/C28H38O11/c1-11(2)21(32)37-19-14(5)26(35)15-8-12(3)18(31)27(15,36)23(34)25(10-30)20(38-25)16(26)17-24(6,7)28(17,19)39-22(33)13(4)9-29/h8,13-17,19-20,23,29-30,34-36H,1,9-10H2,2-7H3. The molecular formula is C28H38O11. The second-order valence-corrected chi connectivity index (χ2v) is 12.8. The summed E-state index contributed by atoms with van der Waals surface area (Å²) in [6, 6.07) is 0. The third-order valence-corrected chi connectivity index (χ3v) is 10.5. The number of aliphatic hydroxyl groups excluding tert-OH is 3. The maximum absolute atomic E-state index is 13.3. The van der Waals surface area contributed by atoms with Gasteiger partial charge in [-0.3, -0.25) is 9.59 Å². The first-order valence-electron chi connectivity index (χ1n) is 13.3. The summed E-state index contributed by atoms with van der Waals surface area (Å²) < 4.78 is 17.9. The average molecular weight is 551 g/mol. The number of epoxide rings is 1.